The van der Waals surface area contributed by atoms with E-state index in [4.69, 9.17) is 0 Å². The molecule has 0 atom stereocenters. The first-order chi connectivity index (χ1) is 11.9. The molecule has 2 amide bonds. The molecule has 126 valence electrons. The average molecular weight is 354 g/mol. The Balaban J connectivity index is 2.02. The van der Waals surface area contributed by atoms with Gasteiger partial charge in [0.15, 0.2) is 0 Å². The molecule has 1 saturated heterocycles. The van der Waals surface area contributed by atoms with Crippen molar-refractivity contribution < 1.29 is 14.5 Å². The first-order valence-electron chi connectivity index (χ1n) is 7.47. The van der Waals surface area contributed by atoms with Gasteiger partial charge in [-0.1, -0.05) is 24.3 Å². The van der Waals surface area contributed by atoms with Gasteiger partial charge in [0.1, 0.15) is 0 Å². The second kappa shape index (κ2) is 6.52. The Labute approximate surface area is 148 Å². The van der Waals surface area contributed by atoms with E-state index >= 15 is 0 Å². The van der Waals surface area contributed by atoms with Gasteiger partial charge in [0.2, 0.25) is 0 Å². The van der Waals surface area contributed by atoms with E-state index in [1.54, 1.807) is 24.3 Å². The minimum absolute atomic E-state index is 0.110. The number of hydrogen-bond acceptors (Lipinski definition) is 5. The summed E-state index contributed by atoms with van der Waals surface area (Å²) in [5.41, 5.74) is 2.45. The van der Waals surface area contributed by atoms with E-state index in [1.165, 1.54) is 12.1 Å². The van der Waals surface area contributed by atoms with Crippen molar-refractivity contribution in [2.75, 3.05) is 4.90 Å². The fourth-order valence-electron chi connectivity index (χ4n) is 2.55. The number of thioether (sulfide) groups is 1. The fraction of sp³-hybridized carbons (Fsp3) is 0.111. The number of imide groups is 1. The number of carbonyl (C=O) groups is 2. The molecule has 0 saturated carbocycles. The largest absolute Gasteiger partial charge is 0.298 e. The van der Waals surface area contributed by atoms with Crippen molar-refractivity contribution in [3.63, 3.8) is 0 Å². The van der Waals surface area contributed by atoms with Crippen molar-refractivity contribution in [1.82, 2.24) is 0 Å². The van der Waals surface area contributed by atoms with Crippen LogP contribution in [-0.2, 0) is 4.79 Å². The smallest absolute Gasteiger partial charge is 0.268 e. The van der Waals surface area contributed by atoms with Gasteiger partial charge in [-0.15, -0.1) is 0 Å². The molecule has 0 spiro atoms. The molecule has 2 aromatic rings. The summed E-state index contributed by atoms with van der Waals surface area (Å²) in [7, 11) is 0. The highest BCUT2D eigenvalue weighted by Gasteiger charge is 2.37. The standard InChI is InChI=1S/C18H14N2O4S/c1-11-7-8-12(2)15(9-11)19-17(21)16(25-18(19)22)10-13-5-3-4-6-14(13)20(23)24/h3-10H,1-2H3/b16-10-. The highest BCUT2D eigenvalue weighted by molar-refractivity contribution is 8.19. The number of hydrogen-bond donors (Lipinski definition) is 0. The van der Waals surface area contributed by atoms with Crippen molar-refractivity contribution in [3.8, 4) is 0 Å². The minimum Gasteiger partial charge on any atom is -0.268 e. The SMILES string of the molecule is Cc1ccc(C)c(N2C(=O)S/C(=C\c3ccccc3[N+](=O)[O-])C2=O)c1. The summed E-state index contributed by atoms with van der Waals surface area (Å²) >= 11 is 0.782. The molecule has 1 fully saturated rings. The minimum atomic E-state index is -0.513. The second-order valence-electron chi connectivity index (χ2n) is 5.62. The lowest BCUT2D eigenvalue weighted by molar-refractivity contribution is -0.385. The number of aryl methyl sites for hydroxylation is 2. The van der Waals surface area contributed by atoms with Crippen LogP contribution in [0.25, 0.3) is 6.08 Å². The highest BCUT2D eigenvalue weighted by Crippen LogP contribution is 2.38. The summed E-state index contributed by atoms with van der Waals surface area (Å²) in [5, 5.41) is 10.7. The maximum absolute atomic E-state index is 12.7. The van der Waals surface area contributed by atoms with Gasteiger partial charge in [0.05, 0.1) is 21.1 Å². The van der Waals surface area contributed by atoms with Crippen LogP contribution in [0, 0.1) is 24.0 Å². The second-order valence-corrected chi connectivity index (χ2v) is 6.62. The van der Waals surface area contributed by atoms with E-state index in [1.807, 2.05) is 26.0 Å². The summed E-state index contributed by atoms with van der Waals surface area (Å²) in [5.74, 6) is -0.471. The number of amides is 2. The van der Waals surface area contributed by atoms with Gasteiger partial charge in [-0.2, -0.15) is 0 Å². The van der Waals surface area contributed by atoms with E-state index in [0.29, 0.717) is 11.3 Å². The number of rotatable bonds is 3. The van der Waals surface area contributed by atoms with Crippen LogP contribution in [0.4, 0.5) is 16.2 Å². The summed E-state index contributed by atoms with van der Waals surface area (Å²) < 4.78 is 0. The third kappa shape index (κ3) is 3.18. The Kier molecular flexibility index (Phi) is 4.41. The molecular formula is C18H14N2O4S. The van der Waals surface area contributed by atoms with E-state index < -0.39 is 16.1 Å². The maximum Gasteiger partial charge on any atom is 0.298 e. The molecule has 7 heteroatoms. The Morgan fingerprint density at radius 1 is 1.12 bits per heavy atom. The molecule has 0 aliphatic carbocycles. The predicted octanol–water partition coefficient (Wildman–Crippen LogP) is 4.45. The van der Waals surface area contributed by atoms with Crippen molar-refractivity contribution >= 4 is 40.4 Å². The van der Waals surface area contributed by atoms with E-state index in [0.717, 1.165) is 27.8 Å². The Bertz CT molecular complexity index is 936. The molecule has 0 unspecified atom stereocenters. The topological polar surface area (TPSA) is 80.5 Å². The van der Waals surface area contributed by atoms with Crippen LogP contribution in [0.2, 0.25) is 0 Å². The van der Waals surface area contributed by atoms with Crippen LogP contribution in [0.15, 0.2) is 47.4 Å². The summed E-state index contributed by atoms with van der Waals surface area (Å²) in [4.78, 5) is 37.0. The number of nitro groups is 1. The quantitative estimate of drug-likeness (QED) is 0.462. The normalized spacial score (nSPS) is 15.9. The van der Waals surface area contributed by atoms with Crippen LogP contribution in [-0.4, -0.2) is 16.1 Å². The summed E-state index contributed by atoms with van der Waals surface area (Å²) in [6, 6.07) is 11.6. The van der Waals surface area contributed by atoms with Gasteiger partial charge in [0.25, 0.3) is 16.8 Å². The van der Waals surface area contributed by atoms with Crippen molar-refractivity contribution in [2.24, 2.45) is 0 Å². The molecule has 6 nitrogen and oxygen atoms in total. The average Bonchev–Trinajstić information content (AvgIpc) is 2.84. The molecular weight excluding hydrogens is 340 g/mol. The Hall–Kier alpha value is -2.93. The Morgan fingerprint density at radius 3 is 2.56 bits per heavy atom. The van der Waals surface area contributed by atoms with Crippen molar-refractivity contribution in [3.05, 3.63) is 74.2 Å². The van der Waals surface area contributed by atoms with Crippen LogP contribution in [0.3, 0.4) is 0 Å². The molecule has 1 aliphatic heterocycles. The van der Waals surface area contributed by atoms with Gasteiger partial charge in [0, 0.05) is 6.07 Å². The lowest BCUT2D eigenvalue weighted by Gasteiger charge is -2.15. The predicted molar refractivity (Wildman–Crippen MR) is 97.5 cm³/mol. The summed E-state index contributed by atoms with van der Waals surface area (Å²) in [6.45, 7) is 3.70. The van der Waals surface area contributed by atoms with E-state index in [-0.39, 0.29) is 10.6 Å². The number of benzene rings is 2. The van der Waals surface area contributed by atoms with Crippen LogP contribution >= 0.6 is 11.8 Å². The summed E-state index contributed by atoms with van der Waals surface area (Å²) in [6.07, 6.45) is 1.40. The first kappa shape index (κ1) is 16.9. The molecule has 25 heavy (non-hydrogen) atoms. The molecule has 2 aromatic carbocycles. The van der Waals surface area contributed by atoms with Crippen LogP contribution < -0.4 is 4.90 Å². The molecule has 0 aromatic heterocycles. The van der Waals surface area contributed by atoms with Gasteiger partial charge in [-0.3, -0.25) is 19.7 Å². The van der Waals surface area contributed by atoms with Crippen molar-refractivity contribution in [1.29, 1.82) is 0 Å². The van der Waals surface area contributed by atoms with E-state index in [9.17, 15) is 19.7 Å². The molecule has 0 N–H and O–H groups in total. The molecule has 1 aliphatic rings. The lowest BCUT2D eigenvalue weighted by Crippen LogP contribution is -2.28. The van der Waals surface area contributed by atoms with Gasteiger partial charge in [-0.05, 0) is 54.9 Å². The third-order valence-electron chi connectivity index (χ3n) is 3.82. The number of anilines is 1. The van der Waals surface area contributed by atoms with Gasteiger partial charge >= 0.3 is 0 Å². The lowest BCUT2D eigenvalue weighted by atomic mass is 10.1. The molecule has 1 heterocycles. The Morgan fingerprint density at radius 2 is 1.84 bits per heavy atom. The van der Waals surface area contributed by atoms with Gasteiger partial charge < -0.3 is 0 Å². The number of nitro benzene ring substituents is 1. The molecule has 0 bridgehead atoms. The van der Waals surface area contributed by atoms with E-state index in [2.05, 4.69) is 0 Å². The van der Waals surface area contributed by atoms with Crippen LogP contribution in [0.1, 0.15) is 16.7 Å². The fourth-order valence-corrected chi connectivity index (χ4v) is 3.38. The molecule has 3 rings (SSSR count). The van der Waals surface area contributed by atoms with Crippen molar-refractivity contribution in [2.45, 2.75) is 13.8 Å². The number of nitrogens with zero attached hydrogens (tertiary/aromatic N) is 2. The third-order valence-corrected chi connectivity index (χ3v) is 4.69. The van der Waals surface area contributed by atoms with Gasteiger partial charge in [-0.25, -0.2) is 4.90 Å². The first-order valence-corrected chi connectivity index (χ1v) is 8.29. The molecule has 0 radical (unpaired) electrons. The zero-order valence-corrected chi connectivity index (χ0v) is 14.4. The number of para-hydroxylation sites is 1. The van der Waals surface area contributed by atoms with Crippen LogP contribution in [0.5, 0.6) is 0 Å². The maximum atomic E-state index is 12.7. The highest BCUT2D eigenvalue weighted by atomic mass is 32.2. The zero-order chi connectivity index (χ0) is 18.1. The monoisotopic (exact) mass is 354 g/mol. The zero-order valence-electron chi connectivity index (χ0n) is 13.6. The number of carbonyl (C=O) groups excluding carboxylic acids is 2.